The van der Waals surface area contributed by atoms with Crippen LogP contribution < -0.4 is 10.0 Å². The molecule has 0 aliphatic carbocycles. The molecule has 148 valence electrons. The van der Waals surface area contributed by atoms with E-state index in [0.717, 1.165) is 20.5 Å². The summed E-state index contributed by atoms with van der Waals surface area (Å²) < 4.78 is 26.1. The first-order valence-corrected chi connectivity index (χ1v) is 11.9. The third kappa shape index (κ3) is 4.79. The van der Waals surface area contributed by atoms with Gasteiger partial charge in [-0.3, -0.25) is 4.79 Å². The Morgan fingerprint density at radius 3 is 2.71 bits per heavy atom. The lowest BCUT2D eigenvalue weighted by atomic mass is 10.2. The standard InChI is InChI=1S/C18H18ClN3O3S3/c1-11-22-16(10-26-11)17-6-3-12(27-17)7-8-21-18(23)14-9-13(4-5-15(14)19)28(24,25)20-2/h3-6,9-10,20H,7-8H2,1-2H3,(H,21,23). The number of carbonyl (C=O) groups excluding carboxylic acids is 1. The van der Waals surface area contributed by atoms with E-state index in [0.29, 0.717) is 13.0 Å². The first kappa shape index (κ1) is 20.9. The Balaban J connectivity index is 1.63. The van der Waals surface area contributed by atoms with Crippen LogP contribution >= 0.6 is 34.3 Å². The van der Waals surface area contributed by atoms with Gasteiger partial charge in [0, 0.05) is 16.8 Å². The van der Waals surface area contributed by atoms with Crippen LogP contribution in [0.4, 0.5) is 0 Å². The van der Waals surface area contributed by atoms with E-state index in [4.69, 9.17) is 11.6 Å². The summed E-state index contributed by atoms with van der Waals surface area (Å²) in [5.41, 5.74) is 1.10. The fourth-order valence-corrected chi connectivity index (χ4v) is 5.10. The lowest BCUT2D eigenvalue weighted by Gasteiger charge is -2.09. The molecule has 0 bridgehead atoms. The number of rotatable bonds is 7. The maximum atomic E-state index is 12.4. The van der Waals surface area contributed by atoms with Gasteiger partial charge in [-0.1, -0.05) is 11.6 Å². The summed E-state index contributed by atoms with van der Waals surface area (Å²) in [5.74, 6) is -0.412. The van der Waals surface area contributed by atoms with Crippen LogP contribution in [0.5, 0.6) is 0 Å². The Hall–Kier alpha value is -1.78. The second-order valence-electron chi connectivity index (χ2n) is 5.87. The molecule has 0 atom stereocenters. The second kappa shape index (κ2) is 8.71. The molecule has 0 radical (unpaired) electrons. The van der Waals surface area contributed by atoms with E-state index in [1.54, 1.807) is 22.7 Å². The second-order valence-corrected chi connectivity index (χ2v) is 10.4. The largest absolute Gasteiger partial charge is 0.352 e. The van der Waals surface area contributed by atoms with Crippen LogP contribution in [-0.4, -0.2) is 32.9 Å². The van der Waals surface area contributed by atoms with Crippen LogP contribution in [-0.2, 0) is 16.4 Å². The molecule has 10 heteroatoms. The fraction of sp³-hybridized carbons (Fsp3) is 0.222. The summed E-state index contributed by atoms with van der Waals surface area (Å²) in [7, 11) is -2.34. The lowest BCUT2D eigenvalue weighted by Crippen LogP contribution is -2.26. The number of nitrogens with one attached hydrogen (secondary N) is 2. The van der Waals surface area contributed by atoms with Crippen molar-refractivity contribution in [1.82, 2.24) is 15.0 Å². The number of hydrogen-bond donors (Lipinski definition) is 2. The zero-order chi connectivity index (χ0) is 20.3. The summed E-state index contributed by atoms with van der Waals surface area (Å²) in [5, 5.41) is 6.04. The molecule has 2 aromatic heterocycles. The maximum absolute atomic E-state index is 12.4. The van der Waals surface area contributed by atoms with E-state index in [1.165, 1.54) is 25.2 Å². The van der Waals surface area contributed by atoms with Crippen molar-refractivity contribution in [3.05, 3.63) is 56.2 Å². The van der Waals surface area contributed by atoms with Gasteiger partial charge in [0.05, 0.1) is 31.1 Å². The van der Waals surface area contributed by atoms with Crippen molar-refractivity contribution >= 4 is 50.2 Å². The fourth-order valence-electron chi connectivity index (χ4n) is 2.48. The minimum absolute atomic E-state index is 0.00833. The SMILES string of the molecule is CNS(=O)(=O)c1ccc(Cl)c(C(=O)NCCc2ccc(-c3csc(C)n3)s2)c1. The lowest BCUT2D eigenvalue weighted by molar-refractivity contribution is 0.0954. The van der Waals surface area contributed by atoms with Crippen molar-refractivity contribution in [1.29, 1.82) is 0 Å². The topological polar surface area (TPSA) is 88.2 Å². The number of hydrogen-bond acceptors (Lipinski definition) is 6. The average Bonchev–Trinajstić information content (AvgIpc) is 3.30. The number of amides is 1. The highest BCUT2D eigenvalue weighted by Gasteiger charge is 2.17. The third-order valence-corrected chi connectivity index (χ3v) is 7.63. The van der Waals surface area contributed by atoms with E-state index in [-0.39, 0.29) is 15.5 Å². The predicted octanol–water partition coefficient (Wildman–Crippen LogP) is 3.71. The van der Waals surface area contributed by atoms with Crippen LogP contribution in [0.2, 0.25) is 5.02 Å². The minimum atomic E-state index is -3.65. The van der Waals surface area contributed by atoms with Crippen molar-refractivity contribution in [3.8, 4) is 10.6 Å². The highest BCUT2D eigenvalue weighted by atomic mass is 35.5. The zero-order valence-electron chi connectivity index (χ0n) is 15.2. The van der Waals surface area contributed by atoms with Gasteiger partial charge >= 0.3 is 0 Å². The van der Waals surface area contributed by atoms with Crippen LogP contribution in [0.25, 0.3) is 10.6 Å². The van der Waals surface area contributed by atoms with Gasteiger partial charge in [-0.15, -0.1) is 22.7 Å². The van der Waals surface area contributed by atoms with Gasteiger partial charge in [-0.05, 0) is 50.7 Å². The average molecular weight is 456 g/mol. The van der Waals surface area contributed by atoms with Gasteiger partial charge in [0.25, 0.3) is 5.91 Å². The molecule has 0 spiro atoms. The molecule has 0 saturated carbocycles. The van der Waals surface area contributed by atoms with Crippen LogP contribution in [0, 0.1) is 6.92 Å². The quantitative estimate of drug-likeness (QED) is 0.568. The summed E-state index contributed by atoms with van der Waals surface area (Å²) in [4.78, 5) is 19.1. The molecule has 28 heavy (non-hydrogen) atoms. The van der Waals surface area contributed by atoms with Gasteiger partial charge in [-0.2, -0.15) is 0 Å². The summed E-state index contributed by atoms with van der Waals surface area (Å²) in [6.45, 7) is 2.38. The first-order chi connectivity index (χ1) is 13.3. The van der Waals surface area contributed by atoms with E-state index in [2.05, 4.69) is 15.0 Å². The molecule has 2 heterocycles. The predicted molar refractivity (Wildman–Crippen MR) is 114 cm³/mol. The molecule has 3 aromatic rings. The van der Waals surface area contributed by atoms with E-state index < -0.39 is 15.9 Å². The van der Waals surface area contributed by atoms with E-state index in [9.17, 15) is 13.2 Å². The summed E-state index contributed by atoms with van der Waals surface area (Å²) in [6.07, 6.45) is 0.658. The molecule has 2 N–H and O–H groups in total. The van der Waals surface area contributed by atoms with Gasteiger partial charge in [0.1, 0.15) is 0 Å². The normalized spacial score (nSPS) is 11.5. The number of aromatic nitrogens is 1. The molecule has 1 amide bonds. The molecule has 0 fully saturated rings. The molecule has 3 rings (SSSR count). The van der Waals surface area contributed by atoms with E-state index >= 15 is 0 Å². The molecular formula is C18H18ClN3O3S3. The number of carbonyl (C=O) groups is 1. The Morgan fingerprint density at radius 2 is 2.04 bits per heavy atom. The molecule has 0 aliphatic rings. The van der Waals surface area contributed by atoms with Crippen LogP contribution in [0.1, 0.15) is 20.2 Å². The smallest absolute Gasteiger partial charge is 0.252 e. The van der Waals surface area contributed by atoms with Crippen LogP contribution in [0.15, 0.2) is 40.6 Å². The number of halogens is 1. The zero-order valence-corrected chi connectivity index (χ0v) is 18.4. The van der Waals surface area contributed by atoms with Gasteiger partial charge in [0.2, 0.25) is 10.0 Å². The monoisotopic (exact) mass is 455 g/mol. The van der Waals surface area contributed by atoms with Crippen molar-refractivity contribution in [2.75, 3.05) is 13.6 Å². The van der Waals surface area contributed by atoms with Gasteiger partial charge in [0.15, 0.2) is 0 Å². The molecule has 0 saturated heterocycles. The molecule has 0 aliphatic heterocycles. The van der Waals surface area contributed by atoms with Crippen molar-refractivity contribution in [2.24, 2.45) is 0 Å². The molecule has 0 unspecified atom stereocenters. The van der Waals surface area contributed by atoms with Crippen LogP contribution in [0.3, 0.4) is 0 Å². The van der Waals surface area contributed by atoms with Gasteiger partial charge < -0.3 is 5.32 Å². The third-order valence-electron chi connectivity index (χ3n) is 3.95. The highest BCUT2D eigenvalue weighted by molar-refractivity contribution is 7.89. The Labute approximate surface area is 176 Å². The first-order valence-electron chi connectivity index (χ1n) is 8.32. The number of sulfonamides is 1. The molecular weight excluding hydrogens is 438 g/mol. The molecule has 1 aromatic carbocycles. The summed E-state index contributed by atoms with van der Waals surface area (Å²) >= 11 is 9.32. The Kier molecular flexibility index (Phi) is 6.51. The number of thiophene rings is 1. The Bertz CT molecular complexity index is 1110. The number of thiazole rings is 1. The van der Waals surface area contributed by atoms with Crippen molar-refractivity contribution in [3.63, 3.8) is 0 Å². The summed E-state index contributed by atoms with van der Waals surface area (Å²) in [6, 6.07) is 8.09. The van der Waals surface area contributed by atoms with Gasteiger partial charge in [-0.25, -0.2) is 18.1 Å². The Morgan fingerprint density at radius 1 is 1.25 bits per heavy atom. The van der Waals surface area contributed by atoms with Crippen molar-refractivity contribution < 1.29 is 13.2 Å². The number of nitrogens with zero attached hydrogens (tertiary/aromatic N) is 1. The maximum Gasteiger partial charge on any atom is 0.252 e. The van der Waals surface area contributed by atoms with Crippen molar-refractivity contribution in [2.45, 2.75) is 18.2 Å². The minimum Gasteiger partial charge on any atom is -0.352 e. The van der Waals surface area contributed by atoms with E-state index in [1.807, 2.05) is 24.4 Å². The number of benzene rings is 1. The molecule has 6 nitrogen and oxygen atoms in total. The highest BCUT2D eigenvalue weighted by Crippen LogP contribution is 2.29. The number of aryl methyl sites for hydroxylation is 1.